The van der Waals surface area contributed by atoms with Crippen LogP contribution in [0.5, 0.6) is 0 Å². The van der Waals surface area contributed by atoms with Crippen LogP contribution in [0.4, 0.5) is 4.79 Å². The maximum atomic E-state index is 11.5. The maximum absolute atomic E-state index is 11.5. The fourth-order valence-corrected chi connectivity index (χ4v) is 1.64. The molecule has 0 aliphatic rings. The van der Waals surface area contributed by atoms with Crippen molar-refractivity contribution >= 4 is 27.9 Å². The highest BCUT2D eigenvalue weighted by Gasteiger charge is 2.18. The fourth-order valence-electron chi connectivity index (χ4n) is 1.38. The van der Waals surface area contributed by atoms with Crippen LogP contribution in [0, 0.1) is 0 Å². The molecule has 7 heteroatoms. The first-order valence-electron chi connectivity index (χ1n) is 5.65. The number of nitrogens with one attached hydrogen (secondary N) is 2. The molecule has 2 amide bonds. The summed E-state index contributed by atoms with van der Waals surface area (Å²) in [4.78, 5) is 22.3. The van der Waals surface area contributed by atoms with Crippen molar-refractivity contribution in [2.24, 2.45) is 0 Å². The van der Waals surface area contributed by atoms with Gasteiger partial charge in [0.25, 0.3) is 0 Å². The van der Waals surface area contributed by atoms with E-state index in [0.717, 1.165) is 10.0 Å². The molecule has 0 spiro atoms. The van der Waals surface area contributed by atoms with E-state index in [2.05, 4.69) is 26.6 Å². The van der Waals surface area contributed by atoms with Crippen molar-refractivity contribution in [3.8, 4) is 0 Å². The van der Waals surface area contributed by atoms with Crippen molar-refractivity contribution in [1.29, 1.82) is 0 Å². The highest BCUT2D eigenvalue weighted by atomic mass is 79.9. The first-order valence-corrected chi connectivity index (χ1v) is 6.44. The smallest absolute Gasteiger partial charge is 0.326 e. The molecule has 19 heavy (non-hydrogen) atoms. The van der Waals surface area contributed by atoms with Crippen LogP contribution in [0.2, 0.25) is 0 Å². The van der Waals surface area contributed by atoms with Gasteiger partial charge in [-0.1, -0.05) is 28.1 Å². The molecule has 1 atom stereocenters. The second-order valence-electron chi connectivity index (χ2n) is 3.86. The molecule has 0 bridgehead atoms. The van der Waals surface area contributed by atoms with Gasteiger partial charge in [-0.25, -0.2) is 9.59 Å². The lowest BCUT2D eigenvalue weighted by Crippen LogP contribution is -2.46. The number of aliphatic carboxylic acids is 1. The van der Waals surface area contributed by atoms with Crippen molar-refractivity contribution in [1.82, 2.24) is 10.6 Å². The Kier molecular flexibility index (Phi) is 6.31. The molecule has 0 fully saturated rings. The van der Waals surface area contributed by atoms with Gasteiger partial charge >= 0.3 is 12.0 Å². The van der Waals surface area contributed by atoms with E-state index in [9.17, 15) is 9.59 Å². The number of benzene rings is 1. The van der Waals surface area contributed by atoms with Crippen LogP contribution in [0.1, 0.15) is 12.0 Å². The number of carbonyl (C=O) groups is 2. The Balaban J connectivity index is 2.42. The molecule has 6 nitrogen and oxygen atoms in total. The summed E-state index contributed by atoms with van der Waals surface area (Å²) in [5.74, 6) is -1.17. The zero-order valence-corrected chi connectivity index (χ0v) is 11.7. The number of hydrogen-bond donors (Lipinski definition) is 4. The van der Waals surface area contributed by atoms with Gasteiger partial charge in [0.05, 0.1) is 0 Å². The minimum Gasteiger partial charge on any atom is -0.480 e. The van der Waals surface area contributed by atoms with Gasteiger partial charge in [-0.05, 0) is 17.7 Å². The average molecular weight is 331 g/mol. The van der Waals surface area contributed by atoms with Crippen molar-refractivity contribution in [3.63, 3.8) is 0 Å². The molecule has 1 aromatic rings. The average Bonchev–Trinajstić information content (AvgIpc) is 2.37. The molecule has 0 aliphatic carbocycles. The summed E-state index contributed by atoms with van der Waals surface area (Å²) in [5.41, 5.74) is 0.896. The third-order valence-corrected chi connectivity index (χ3v) is 2.92. The van der Waals surface area contributed by atoms with Crippen LogP contribution in [0.25, 0.3) is 0 Å². The number of carboxylic acids is 1. The lowest BCUT2D eigenvalue weighted by atomic mass is 10.2. The topological polar surface area (TPSA) is 98.7 Å². The molecule has 0 radical (unpaired) electrons. The van der Waals surface area contributed by atoms with E-state index in [1.54, 1.807) is 0 Å². The molecule has 1 rings (SSSR count). The molecule has 0 saturated carbocycles. The lowest BCUT2D eigenvalue weighted by Gasteiger charge is -2.14. The Morgan fingerprint density at radius 1 is 1.26 bits per heavy atom. The fraction of sp³-hybridized carbons (Fsp3) is 0.333. The van der Waals surface area contributed by atoms with E-state index < -0.39 is 18.0 Å². The first kappa shape index (κ1) is 15.5. The normalized spacial score (nSPS) is 11.7. The Labute approximate surface area is 118 Å². The second-order valence-corrected chi connectivity index (χ2v) is 4.77. The largest absolute Gasteiger partial charge is 0.480 e. The summed E-state index contributed by atoms with van der Waals surface area (Å²) < 4.78 is 0.939. The summed E-state index contributed by atoms with van der Waals surface area (Å²) in [6.07, 6.45) is -0.0267. The molecular formula is C12H15BrN2O4. The Morgan fingerprint density at radius 2 is 1.89 bits per heavy atom. The Hall–Kier alpha value is -1.60. The summed E-state index contributed by atoms with van der Waals surface area (Å²) in [5, 5.41) is 22.3. The summed E-state index contributed by atoms with van der Waals surface area (Å²) >= 11 is 3.30. The standard InChI is InChI=1S/C12H15BrN2O4/c13-9-3-1-8(2-4-9)7-14-12(19)15-10(5-6-16)11(17)18/h1-4,10,16H,5-7H2,(H,17,18)(H2,14,15,19)/t10-/m0/s1. The van der Waals surface area contributed by atoms with Crippen LogP contribution in [-0.4, -0.2) is 34.9 Å². The van der Waals surface area contributed by atoms with Crippen LogP contribution >= 0.6 is 15.9 Å². The highest BCUT2D eigenvalue weighted by Crippen LogP contribution is 2.10. The predicted octanol–water partition coefficient (Wildman–Crippen LogP) is 1.08. The molecule has 0 aromatic heterocycles. The van der Waals surface area contributed by atoms with Crippen LogP contribution in [0.3, 0.4) is 0 Å². The summed E-state index contributed by atoms with van der Waals surface area (Å²) in [7, 11) is 0. The van der Waals surface area contributed by atoms with Gasteiger partial charge in [-0.3, -0.25) is 0 Å². The number of urea groups is 1. The van der Waals surface area contributed by atoms with E-state index in [1.807, 2.05) is 24.3 Å². The molecule has 0 saturated heterocycles. The van der Waals surface area contributed by atoms with Gasteiger partial charge in [0.1, 0.15) is 6.04 Å². The monoisotopic (exact) mass is 330 g/mol. The minimum atomic E-state index is -1.17. The quantitative estimate of drug-likeness (QED) is 0.627. The third kappa shape index (κ3) is 5.71. The number of carbonyl (C=O) groups excluding carboxylic acids is 1. The molecule has 1 aromatic carbocycles. The second kappa shape index (κ2) is 7.75. The van der Waals surface area contributed by atoms with Crippen LogP contribution in [-0.2, 0) is 11.3 Å². The van der Waals surface area contributed by atoms with E-state index in [-0.39, 0.29) is 13.0 Å². The Morgan fingerprint density at radius 3 is 2.42 bits per heavy atom. The number of carboxylic acid groups (broad SMARTS) is 1. The maximum Gasteiger partial charge on any atom is 0.326 e. The molecular weight excluding hydrogens is 316 g/mol. The zero-order chi connectivity index (χ0) is 14.3. The van der Waals surface area contributed by atoms with E-state index in [1.165, 1.54) is 0 Å². The first-order chi connectivity index (χ1) is 9.02. The third-order valence-electron chi connectivity index (χ3n) is 2.39. The predicted molar refractivity (Wildman–Crippen MR) is 72.6 cm³/mol. The minimum absolute atomic E-state index is 0.0267. The van der Waals surface area contributed by atoms with Crippen molar-refractivity contribution in [2.75, 3.05) is 6.61 Å². The van der Waals surface area contributed by atoms with Gasteiger partial charge in [0.2, 0.25) is 0 Å². The van der Waals surface area contributed by atoms with Crippen LogP contribution < -0.4 is 10.6 Å². The van der Waals surface area contributed by atoms with Gasteiger partial charge in [-0.2, -0.15) is 0 Å². The number of halogens is 1. The number of aliphatic hydroxyl groups is 1. The lowest BCUT2D eigenvalue weighted by molar-refractivity contribution is -0.139. The number of hydrogen-bond acceptors (Lipinski definition) is 3. The van der Waals surface area contributed by atoms with E-state index in [4.69, 9.17) is 10.2 Å². The van der Waals surface area contributed by atoms with Gasteiger partial charge in [-0.15, -0.1) is 0 Å². The molecule has 104 valence electrons. The number of aliphatic hydroxyl groups excluding tert-OH is 1. The van der Waals surface area contributed by atoms with Crippen molar-refractivity contribution in [3.05, 3.63) is 34.3 Å². The van der Waals surface area contributed by atoms with Crippen LogP contribution in [0.15, 0.2) is 28.7 Å². The number of amides is 2. The van der Waals surface area contributed by atoms with Crippen molar-refractivity contribution < 1.29 is 19.8 Å². The van der Waals surface area contributed by atoms with E-state index >= 15 is 0 Å². The molecule has 0 heterocycles. The Bertz CT molecular complexity index is 436. The summed E-state index contributed by atoms with van der Waals surface area (Å²) in [6, 6.07) is 5.71. The number of rotatable bonds is 6. The molecule has 4 N–H and O–H groups in total. The highest BCUT2D eigenvalue weighted by molar-refractivity contribution is 9.10. The van der Waals surface area contributed by atoms with Gasteiger partial charge in [0, 0.05) is 24.0 Å². The summed E-state index contributed by atoms with van der Waals surface area (Å²) in [6.45, 7) is -0.00542. The molecule has 0 unspecified atom stereocenters. The SMILES string of the molecule is O=C(NCc1ccc(Br)cc1)N[C@@H](CCO)C(=O)O. The van der Waals surface area contributed by atoms with E-state index in [0.29, 0.717) is 6.54 Å². The molecule has 0 aliphatic heterocycles. The zero-order valence-electron chi connectivity index (χ0n) is 10.1. The van der Waals surface area contributed by atoms with Crippen molar-refractivity contribution in [2.45, 2.75) is 19.0 Å². The van der Waals surface area contributed by atoms with Gasteiger partial charge in [0.15, 0.2) is 0 Å². The van der Waals surface area contributed by atoms with Gasteiger partial charge < -0.3 is 20.8 Å².